The molecule has 0 radical (unpaired) electrons. The van der Waals surface area contributed by atoms with Crippen LogP contribution in [0.3, 0.4) is 0 Å². The van der Waals surface area contributed by atoms with E-state index < -0.39 is 18.2 Å². The molecule has 0 rings (SSSR count). The molecule has 0 aliphatic heterocycles. The minimum absolute atomic E-state index is 0.273. The van der Waals surface area contributed by atoms with Gasteiger partial charge < -0.3 is 14.6 Å². The van der Waals surface area contributed by atoms with Crippen LogP contribution in [0.2, 0.25) is 0 Å². The van der Waals surface area contributed by atoms with Gasteiger partial charge in [0.25, 0.3) is 0 Å². The molecule has 0 aliphatic rings. The zero-order chi connectivity index (χ0) is 33.6. The van der Waals surface area contributed by atoms with Gasteiger partial charge in [0.05, 0.1) is 0 Å². The maximum absolute atomic E-state index is 12.5. The normalized spacial score (nSPS) is 13.2. The average molecular weight is 640 g/mol. The molecule has 0 saturated carbocycles. The maximum Gasteiger partial charge on any atom is 0.307 e. The van der Waals surface area contributed by atoms with Crippen molar-refractivity contribution in [2.24, 2.45) is 0 Å². The van der Waals surface area contributed by atoms with E-state index in [1.165, 1.54) is 128 Å². The number of hydrogen-bond acceptors (Lipinski definition) is 6. The van der Waals surface area contributed by atoms with Crippen molar-refractivity contribution in [1.29, 1.82) is 0 Å². The molecule has 0 saturated heterocycles. The minimum Gasteiger partial charge on any atom is -0.446 e. The Labute approximate surface area is 280 Å². The lowest BCUT2D eigenvalue weighted by atomic mass is 10.0. The summed E-state index contributed by atoms with van der Waals surface area (Å²) >= 11 is 0. The molecule has 0 fully saturated rings. The number of esters is 2. The van der Waals surface area contributed by atoms with Crippen LogP contribution in [0.1, 0.15) is 221 Å². The Kier molecular flexibility index (Phi) is 29.4. The molecule has 2 unspecified atom stereocenters. The summed E-state index contributed by atoms with van der Waals surface area (Å²) in [5.41, 5.74) is -1.32. The lowest BCUT2D eigenvalue weighted by molar-refractivity contribution is -0.231. The van der Waals surface area contributed by atoms with E-state index in [1.807, 2.05) is 0 Å². The third kappa shape index (κ3) is 27.7. The van der Waals surface area contributed by atoms with Gasteiger partial charge in [-0.1, -0.05) is 168 Å². The number of unbranched alkanes of at least 4 members (excludes halogenated alkanes) is 24. The monoisotopic (exact) mass is 640 g/mol. The van der Waals surface area contributed by atoms with Crippen molar-refractivity contribution in [2.45, 2.75) is 240 Å². The van der Waals surface area contributed by atoms with Crippen LogP contribution in [0.4, 0.5) is 0 Å². The van der Waals surface area contributed by atoms with E-state index in [9.17, 15) is 14.7 Å². The van der Waals surface area contributed by atoms with Crippen molar-refractivity contribution in [2.75, 3.05) is 0 Å². The number of rotatable bonds is 33. The van der Waals surface area contributed by atoms with E-state index in [2.05, 4.69) is 13.8 Å². The van der Waals surface area contributed by atoms with Crippen LogP contribution in [-0.4, -0.2) is 40.1 Å². The molecule has 0 aromatic rings. The van der Waals surface area contributed by atoms with Crippen LogP contribution >= 0.6 is 0 Å². The molecule has 0 amide bonds. The summed E-state index contributed by atoms with van der Waals surface area (Å²) < 4.78 is 11.3. The van der Waals surface area contributed by atoms with Crippen LogP contribution in [0.25, 0.3) is 0 Å². The highest BCUT2D eigenvalue weighted by molar-refractivity contribution is 5.70. The number of nitrogens with zero attached hydrogens (tertiary/aromatic N) is 1. The van der Waals surface area contributed by atoms with Gasteiger partial charge in [0.15, 0.2) is 12.5 Å². The van der Waals surface area contributed by atoms with Gasteiger partial charge in [0.2, 0.25) is 0 Å². The highest BCUT2D eigenvalue weighted by Crippen LogP contribution is 2.22. The topological polar surface area (TPSA) is 76.1 Å². The second kappa shape index (κ2) is 30.2. The molecule has 0 bridgehead atoms. The Balaban J connectivity index is 4.05. The SMILES string of the molecule is CCCCCCCCCCCCCCCC(=O)OC(C)N(C(C)OC(=O)CCCCCCCCCCCCCCC)C(C)(C)O. The lowest BCUT2D eigenvalue weighted by Crippen LogP contribution is -2.55. The van der Waals surface area contributed by atoms with E-state index in [1.54, 1.807) is 32.6 Å². The molecular formula is C39H77NO5. The van der Waals surface area contributed by atoms with Gasteiger partial charge in [0.1, 0.15) is 5.72 Å². The molecule has 268 valence electrons. The second-order valence-electron chi connectivity index (χ2n) is 14.1. The standard InChI is InChI=1S/C39H77NO5/c1-7-9-11-13-15-17-19-21-23-25-27-29-31-33-37(41)44-35(3)40(39(5,6)43)36(4)45-38(42)34-32-30-28-26-24-22-20-18-16-14-12-10-8-2/h35-36,43H,7-34H2,1-6H3. The number of aliphatic hydroxyl groups is 1. The second-order valence-corrected chi connectivity index (χ2v) is 14.1. The molecule has 6 nitrogen and oxygen atoms in total. The van der Waals surface area contributed by atoms with Gasteiger partial charge >= 0.3 is 11.9 Å². The molecule has 2 atom stereocenters. The molecule has 1 N–H and O–H groups in total. The summed E-state index contributed by atoms with van der Waals surface area (Å²) in [6.07, 6.45) is 32.1. The smallest absolute Gasteiger partial charge is 0.307 e. The summed E-state index contributed by atoms with van der Waals surface area (Å²) in [5.74, 6) is -0.546. The summed E-state index contributed by atoms with van der Waals surface area (Å²) in [6, 6.07) is 0. The van der Waals surface area contributed by atoms with Crippen LogP contribution in [-0.2, 0) is 19.1 Å². The first kappa shape index (κ1) is 43.9. The van der Waals surface area contributed by atoms with E-state index >= 15 is 0 Å². The van der Waals surface area contributed by atoms with Crippen molar-refractivity contribution in [3.05, 3.63) is 0 Å². The van der Waals surface area contributed by atoms with E-state index in [-0.39, 0.29) is 11.9 Å². The van der Waals surface area contributed by atoms with Gasteiger partial charge in [-0.2, -0.15) is 0 Å². The molecule has 0 aromatic carbocycles. The van der Waals surface area contributed by atoms with E-state index in [4.69, 9.17) is 9.47 Å². The molecule has 0 aliphatic carbocycles. The molecule has 45 heavy (non-hydrogen) atoms. The fraction of sp³-hybridized carbons (Fsp3) is 0.949. The van der Waals surface area contributed by atoms with Crippen molar-refractivity contribution < 1.29 is 24.2 Å². The predicted octanol–water partition coefficient (Wildman–Crippen LogP) is 11.8. The lowest BCUT2D eigenvalue weighted by Gasteiger charge is -2.41. The quantitative estimate of drug-likeness (QED) is 0.0437. The molecule has 0 spiro atoms. The Morgan fingerprint density at radius 3 is 0.933 bits per heavy atom. The first-order valence-corrected chi connectivity index (χ1v) is 19.5. The van der Waals surface area contributed by atoms with Crippen molar-refractivity contribution in [3.63, 3.8) is 0 Å². The molecule has 0 heterocycles. The fourth-order valence-corrected chi connectivity index (χ4v) is 6.37. The molecular weight excluding hydrogens is 562 g/mol. The highest BCUT2D eigenvalue weighted by atomic mass is 16.6. The summed E-state index contributed by atoms with van der Waals surface area (Å²) in [7, 11) is 0. The van der Waals surface area contributed by atoms with Crippen LogP contribution in [0.5, 0.6) is 0 Å². The Morgan fingerprint density at radius 1 is 0.489 bits per heavy atom. The van der Waals surface area contributed by atoms with Crippen LogP contribution in [0.15, 0.2) is 0 Å². The van der Waals surface area contributed by atoms with Gasteiger partial charge in [-0.05, 0) is 40.5 Å². The molecule has 6 heteroatoms. The van der Waals surface area contributed by atoms with Gasteiger partial charge in [-0.3, -0.25) is 9.59 Å². The summed E-state index contributed by atoms with van der Waals surface area (Å²) in [5, 5.41) is 10.8. The number of hydrogen-bond donors (Lipinski definition) is 1. The third-order valence-electron chi connectivity index (χ3n) is 8.99. The fourth-order valence-electron chi connectivity index (χ4n) is 6.37. The third-order valence-corrected chi connectivity index (χ3v) is 8.99. The zero-order valence-electron chi connectivity index (χ0n) is 31.0. The number of carbonyl (C=O) groups excluding carboxylic acids is 2. The average Bonchev–Trinajstić information content (AvgIpc) is 2.97. The summed E-state index contributed by atoms with van der Waals surface area (Å²) in [4.78, 5) is 26.6. The zero-order valence-corrected chi connectivity index (χ0v) is 31.0. The minimum atomic E-state index is -1.32. The largest absolute Gasteiger partial charge is 0.446 e. The number of ether oxygens (including phenoxy) is 2. The Morgan fingerprint density at radius 2 is 0.711 bits per heavy atom. The van der Waals surface area contributed by atoms with Gasteiger partial charge in [-0.15, -0.1) is 0 Å². The predicted molar refractivity (Wildman–Crippen MR) is 190 cm³/mol. The number of carbonyl (C=O) groups is 2. The first-order chi connectivity index (χ1) is 21.6. The van der Waals surface area contributed by atoms with Crippen LogP contribution in [0, 0.1) is 0 Å². The first-order valence-electron chi connectivity index (χ1n) is 19.5. The maximum atomic E-state index is 12.5. The Bertz CT molecular complexity index is 627. The van der Waals surface area contributed by atoms with Gasteiger partial charge in [0, 0.05) is 12.8 Å². The van der Waals surface area contributed by atoms with E-state index in [0.717, 1.165) is 38.5 Å². The van der Waals surface area contributed by atoms with Crippen molar-refractivity contribution in [1.82, 2.24) is 4.90 Å². The van der Waals surface area contributed by atoms with Crippen molar-refractivity contribution >= 4 is 11.9 Å². The van der Waals surface area contributed by atoms with E-state index in [0.29, 0.717) is 12.8 Å². The van der Waals surface area contributed by atoms with Crippen LogP contribution < -0.4 is 0 Å². The van der Waals surface area contributed by atoms with Crippen molar-refractivity contribution in [3.8, 4) is 0 Å². The molecule has 0 aromatic heterocycles. The Hall–Kier alpha value is -1.14. The summed E-state index contributed by atoms with van der Waals surface area (Å²) in [6.45, 7) is 11.2. The van der Waals surface area contributed by atoms with Gasteiger partial charge in [-0.25, -0.2) is 4.90 Å². The highest BCUT2D eigenvalue weighted by Gasteiger charge is 2.36.